The molecule has 0 nitrogen and oxygen atoms in total. The normalized spacial score (nSPS) is 12.8. The number of rotatable bonds is 6. The zero-order valence-corrected chi connectivity index (χ0v) is 37.0. The molecule has 67 heavy (non-hydrogen) atoms. The van der Waals surface area contributed by atoms with Gasteiger partial charge in [0, 0.05) is 0 Å². The highest BCUT2D eigenvalue weighted by Gasteiger charge is 2.20. The second kappa shape index (κ2) is 16.1. The molecule has 1 aliphatic carbocycles. The molecule has 0 unspecified atom stereocenters. The van der Waals surface area contributed by atoms with Gasteiger partial charge in [0.2, 0.25) is 0 Å². The number of allylic oxidation sites excluding steroid dienone is 6. The van der Waals surface area contributed by atoms with Crippen LogP contribution in [0, 0.1) is 0 Å². The molecule has 0 N–H and O–H groups in total. The first-order chi connectivity index (χ1) is 33.2. The van der Waals surface area contributed by atoms with Crippen molar-refractivity contribution in [3.05, 3.63) is 266 Å². The summed E-state index contributed by atoms with van der Waals surface area (Å²) in [5.74, 6) is 0. The minimum absolute atomic E-state index is 0.815. The zero-order chi connectivity index (χ0) is 44.3. The lowest BCUT2D eigenvalue weighted by molar-refractivity contribution is 1.41. The monoisotopic (exact) mass is 848 g/mol. The van der Waals surface area contributed by atoms with E-state index in [1.165, 1.54) is 131 Å². The Labute approximate surface area is 390 Å². The van der Waals surface area contributed by atoms with Gasteiger partial charge in [-0.15, -0.1) is 0 Å². The van der Waals surface area contributed by atoms with E-state index in [2.05, 4.69) is 255 Å². The summed E-state index contributed by atoms with van der Waals surface area (Å²) in [6, 6.07) is 85.2. The molecule has 0 spiro atoms. The van der Waals surface area contributed by atoms with Gasteiger partial charge in [0.25, 0.3) is 0 Å². The molecule has 312 valence electrons. The summed E-state index contributed by atoms with van der Waals surface area (Å²) in [6.45, 7) is 0. The summed E-state index contributed by atoms with van der Waals surface area (Å²) in [5, 5.41) is 15.0. The molecule has 0 aromatic heterocycles. The first-order valence-electron chi connectivity index (χ1n) is 23.4. The van der Waals surface area contributed by atoms with Gasteiger partial charge in [-0.25, -0.2) is 0 Å². The quantitative estimate of drug-likeness (QED) is 0.146. The molecule has 12 aromatic carbocycles. The van der Waals surface area contributed by atoms with Crippen molar-refractivity contribution in [2.45, 2.75) is 6.42 Å². The van der Waals surface area contributed by atoms with Crippen molar-refractivity contribution < 1.29 is 0 Å². The highest BCUT2D eigenvalue weighted by Crippen LogP contribution is 2.46. The topological polar surface area (TPSA) is 0 Å². The van der Waals surface area contributed by atoms with E-state index in [9.17, 15) is 0 Å². The zero-order valence-electron chi connectivity index (χ0n) is 37.0. The molecule has 0 amide bonds. The average Bonchev–Trinajstić information content (AvgIpc) is 3.65. The lowest BCUT2D eigenvalue weighted by Gasteiger charge is -2.19. The van der Waals surface area contributed by atoms with Crippen LogP contribution in [0.25, 0.3) is 120 Å². The van der Waals surface area contributed by atoms with Gasteiger partial charge < -0.3 is 0 Å². The Bertz CT molecular complexity index is 4000. The van der Waals surface area contributed by atoms with Gasteiger partial charge in [0.1, 0.15) is 0 Å². The first-order valence-corrected chi connectivity index (χ1v) is 23.4. The molecule has 0 atom stereocenters. The number of fused-ring (bicyclic) bond motifs is 6. The third kappa shape index (κ3) is 6.69. The SMILES string of the molecule is C1=CC(c2c3ccccc3c(-c3cccc(-c4ccc5ccccc5c4-c4ccc5ccccc5c4)c3)c3ccccc23)=CCC=C1c1c(-c2ccc3ccccc3c2)ccc2ccccc12. The van der Waals surface area contributed by atoms with E-state index in [1.54, 1.807) is 0 Å². The summed E-state index contributed by atoms with van der Waals surface area (Å²) in [7, 11) is 0. The predicted molar refractivity (Wildman–Crippen MR) is 289 cm³/mol. The van der Waals surface area contributed by atoms with E-state index in [-0.39, 0.29) is 0 Å². The molecule has 1 aliphatic rings. The van der Waals surface area contributed by atoms with Crippen LogP contribution in [0.4, 0.5) is 0 Å². The maximum atomic E-state index is 2.42. The van der Waals surface area contributed by atoms with Crippen molar-refractivity contribution in [2.75, 3.05) is 0 Å². The lowest BCUT2D eigenvalue weighted by Crippen LogP contribution is -1.94. The van der Waals surface area contributed by atoms with Crippen molar-refractivity contribution in [3.8, 4) is 44.5 Å². The summed E-state index contributed by atoms with van der Waals surface area (Å²) >= 11 is 0. The van der Waals surface area contributed by atoms with Crippen LogP contribution in [0.15, 0.2) is 255 Å². The van der Waals surface area contributed by atoms with Gasteiger partial charge in [-0.1, -0.05) is 237 Å². The molecular weight excluding hydrogens is 805 g/mol. The van der Waals surface area contributed by atoms with Gasteiger partial charge in [-0.05, 0) is 156 Å². The molecule has 0 radical (unpaired) electrons. The molecule has 0 heteroatoms. The molecule has 0 saturated carbocycles. The van der Waals surface area contributed by atoms with E-state index < -0.39 is 0 Å². The molecule has 0 saturated heterocycles. The van der Waals surface area contributed by atoms with E-state index in [0.717, 1.165) is 6.42 Å². The van der Waals surface area contributed by atoms with Crippen molar-refractivity contribution in [1.82, 2.24) is 0 Å². The van der Waals surface area contributed by atoms with Crippen LogP contribution in [-0.4, -0.2) is 0 Å². The highest BCUT2D eigenvalue weighted by atomic mass is 14.2. The lowest BCUT2D eigenvalue weighted by atomic mass is 9.84. The van der Waals surface area contributed by atoms with Crippen molar-refractivity contribution >= 4 is 75.8 Å². The molecule has 0 fully saturated rings. The average molecular weight is 849 g/mol. The van der Waals surface area contributed by atoms with Crippen LogP contribution in [0.3, 0.4) is 0 Å². The Hall–Kier alpha value is -8.58. The van der Waals surface area contributed by atoms with Crippen molar-refractivity contribution in [2.24, 2.45) is 0 Å². The number of benzene rings is 12. The minimum Gasteiger partial charge on any atom is -0.0728 e. The van der Waals surface area contributed by atoms with Gasteiger partial charge in [-0.3, -0.25) is 0 Å². The van der Waals surface area contributed by atoms with Crippen LogP contribution in [0.2, 0.25) is 0 Å². The van der Waals surface area contributed by atoms with E-state index in [1.807, 2.05) is 0 Å². The molecule has 13 rings (SSSR count). The van der Waals surface area contributed by atoms with E-state index in [0.29, 0.717) is 0 Å². The molecule has 0 heterocycles. The first kappa shape index (κ1) is 38.8. The van der Waals surface area contributed by atoms with Gasteiger partial charge >= 0.3 is 0 Å². The highest BCUT2D eigenvalue weighted by molar-refractivity contribution is 6.20. The van der Waals surface area contributed by atoms with Gasteiger partial charge in [0.15, 0.2) is 0 Å². The van der Waals surface area contributed by atoms with Crippen LogP contribution >= 0.6 is 0 Å². The number of hydrogen-bond acceptors (Lipinski definition) is 0. The Kier molecular flexibility index (Phi) is 9.36. The summed E-state index contributed by atoms with van der Waals surface area (Å²) in [5.41, 5.74) is 14.9. The van der Waals surface area contributed by atoms with Crippen LogP contribution in [0.1, 0.15) is 17.5 Å². The Balaban J connectivity index is 0.948. The van der Waals surface area contributed by atoms with Gasteiger partial charge in [-0.2, -0.15) is 0 Å². The third-order valence-corrected chi connectivity index (χ3v) is 14.0. The fourth-order valence-electron chi connectivity index (χ4n) is 10.9. The Morgan fingerprint density at radius 1 is 0.224 bits per heavy atom. The second-order valence-corrected chi connectivity index (χ2v) is 17.9. The molecule has 0 bridgehead atoms. The minimum atomic E-state index is 0.815. The maximum absolute atomic E-state index is 2.42. The van der Waals surface area contributed by atoms with Gasteiger partial charge in [0.05, 0.1) is 0 Å². The summed E-state index contributed by atoms with van der Waals surface area (Å²) in [4.78, 5) is 0. The Morgan fingerprint density at radius 2 is 0.612 bits per heavy atom. The number of hydrogen-bond donors (Lipinski definition) is 0. The summed E-state index contributed by atoms with van der Waals surface area (Å²) in [6.07, 6.45) is 10.4. The molecular formula is C67H44. The van der Waals surface area contributed by atoms with E-state index in [4.69, 9.17) is 0 Å². The van der Waals surface area contributed by atoms with Crippen LogP contribution in [0.5, 0.6) is 0 Å². The van der Waals surface area contributed by atoms with Crippen molar-refractivity contribution in [3.63, 3.8) is 0 Å². The summed E-state index contributed by atoms with van der Waals surface area (Å²) < 4.78 is 0. The largest absolute Gasteiger partial charge is 0.0728 e. The maximum Gasteiger partial charge on any atom is -0.00262 e. The fraction of sp³-hybridized carbons (Fsp3) is 0.0149. The second-order valence-electron chi connectivity index (χ2n) is 17.9. The van der Waals surface area contributed by atoms with E-state index >= 15 is 0 Å². The van der Waals surface area contributed by atoms with Crippen LogP contribution < -0.4 is 0 Å². The fourth-order valence-corrected chi connectivity index (χ4v) is 10.9. The molecule has 0 aliphatic heterocycles. The van der Waals surface area contributed by atoms with Crippen molar-refractivity contribution in [1.29, 1.82) is 0 Å². The third-order valence-electron chi connectivity index (χ3n) is 14.0. The molecule has 12 aromatic rings. The Morgan fingerprint density at radius 3 is 1.21 bits per heavy atom. The standard InChI is InChI=1S/C67H44/c1-3-19-50-41-53(35-31-44(50)15-1)59-40-38-46-17-5-7-25-56(46)64(59)48-21-13-22-49(34-33-48)65-60-27-9-11-29-62(60)67(63-30-12-10-28-61(63)65)54-24-14-23-52(43-54)58-39-37-47-18-6-8-26-57(47)66(58)55-36-32-45-16-2-4-20-51(45)42-55/h1-12,14-43H,13H2. The van der Waals surface area contributed by atoms with Crippen LogP contribution in [-0.2, 0) is 0 Å². The smallest absolute Gasteiger partial charge is 0.00262 e. The predicted octanol–water partition coefficient (Wildman–Crippen LogP) is 18.7.